The number of rotatable bonds is 3. The van der Waals surface area contributed by atoms with Crippen molar-refractivity contribution in [2.45, 2.75) is 17.9 Å². The number of halogens is 2. The van der Waals surface area contributed by atoms with E-state index in [-0.39, 0.29) is 17.7 Å². The van der Waals surface area contributed by atoms with Crippen LogP contribution in [0, 0.1) is 0 Å². The normalized spacial score (nSPS) is 17.2. The molecule has 2 atom stereocenters. The molecule has 16 heavy (non-hydrogen) atoms. The molecule has 1 aliphatic rings. The summed E-state index contributed by atoms with van der Waals surface area (Å²) in [5.74, 6) is 1.54. The molecule has 3 nitrogen and oxygen atoms in total. The van der Waals surface area contributed by atoms with Crippen molar-refractivity contribution in [3.8, 4) is 11.5 Å². The molecule has 2 rings (SSSR count). The predicted octanol–water partition coefficient (Wildman–Crippen LogP) is 3.65. The third kappa shape index (κ3) is 2.21. The fraction of sp³-hybridized carbons (Fsp3) is 0.455. The summed E-state index contributed by atoms with van der Waals surface area (Å²) >= 11 is 7.06. The van der Waals surface area contributed by atoms with Crippen molar-refractivity contribution in [2.24, 2.45) is 0 Å². The van der Waals surface area contributed by atoms with Gasteiger partial charge in [0, 0.05) is 16.4 Å². The molecule has 0 aliphatic carbocycles. The van der Waals surface area contributed by atoms with Crippen LogP contribution in [-0.4, -0.2) is 18.7 Å². The summed E-state index contributed by atoms with van der Waals surface area (Å²) in [6.07, 6.45) is -0.0242. The number of fused-ring (bicyclic) bond motifs is 1. The molecule has 1 aliphatic heterocycles. The zero-order valence-electron chi connectivity index (χ0n) is 9.00. The Kier molecular flexibility index (Phi) is 3.77. The van der Waals surface area contributed by atoms with E-state index in [4.69, 9.17) is 14.2 Å². The number of methoxy groups -OCH3 is 1. The number of benzene rings is 1. The second-order valence-corrected chi connectivity index (χ2v) is 5.86. The van der Waals surface area contributed by atoms with Gasteiger partial charge in [0.25, 0.3) is 0 Å². The molecule has 0 N–H and O–H groups in total. The molecular formula is C11H12Br2O3. The van der Waals surface area contributed by atoms with Crippen molar-refractivity contribution in [1.29, 1.82) is 0 Å². The quantitative estimate of drug-likeness (QED) is 0.778. The van der Waals surface area contributed by atoms with Gasteiger partial charge in [-0.1, -0.05) is 31.9 Å². The van der Waals surface area contributed by atoms with Gasteiger partial charge in [0.05, 0.1) is 6.10 Å². The van der Waals surface area contributed by atoms with Crippen LogP contribution in [0.25, 0.3) is 0 Å². The van der Waals surface area contributed by atoms with Crippen LogP contribution in [0.4, 0.5) is 0 Å². The van der Waals surface area contributed by atoms with Crippen LogP contribution < -0.4 is 9.47 Å². The Morgan fingerprint density at radius 2 is 1.94 bits per heavy atom. The molecule has 5 heteroatoms. The van der Waals surface area contributed by atoms with Crippen LogP contribution in [0.15, 0.2) is 16.6 Å². The van der Waals surface area contributed by atoms with E-state index in [1.807, 2.05) is 19.1 Å². The monoisotopic (exact) mass is 350 g/mol. The van der Waals surface area contributed by atoms with Crippen molar-refractivity contribution >= 4 is 31.9 Å². The van der Waals surface area contributed by atoms with Crippen molar-refractivity contribution < 1.29 is 14.2 Å². The topological polar surface area (TPSA) is 27.7 Å². The molecule has 0 spiro atoms. The minimum absolute atomic E-state index is 0.0242. The first-order valence-corrected chi connectivity index (χ1v) is 6.60. The maximum absolute atomic E-state index is 5.47. The molecule has 0 fully saturated rings. The lowest BCUT2D eigenvalue weighted by molar-refractivity contribution is 0.105. The van der Waals surface area contributed by atoms with Crippen LogP contribution in [0.1, 0.15) is 18.6 Å². The molecular weight excluding hydrogens is 340 g/mol. The Hall–Kier alpha value is -0.260. The highest BCUT2D eigenvalue weighted by Gasteiger charge is 2.23. The summed E-state index contributed by atoms with van der Waals surface area (Å²) in [4.78, 5) is 0.217. The molecule has 0 bridgehead atoms. The smallest absolute Gasteiger partial charge is 0.231 e. The Labute approximate surface area is 111 Å². The minimum Gasteiger partial charge on any atom is -0.454 e. The van der Waals surface area contributed by atoms with Crippen molar-refractivity contribution in [3.63, 3.8) is 0 Å². The molecule has 88 valence electrons. The first kappa shape index (κ1) is 12.2. The summed E-state index contributed by atoms with van der Waals surface area (Å²) in [7, 11) is 1.69. The molecule has 1 heterocycles. The maximum atomic E-state index is 5.47. The largest absolute Gasteiger partial charge is 0.454 e. The second kappa shape index (κ2) is 4.94. The average molecular weight is 352 g/mol. The third-order valence-corrected chi connectivity index (χ3v) is 3.64. The number of ether oxygens (including phenoxy) is 3. The average Bonchev–Trinajstić information content (AvgIpc) is 2.65. The van der Waals surface area contributed by atoms with Gasteiger partial charge in [0.15, 0.2) is 11.5 Å². The van der Waals surface area contributed by atoms with Crippen LogP contribution in [0.5, 0.6) is 11.5 Å². The Morgan fingerprint density at radius 3 is 2.50 bits per heavy atom. The number of hydrogen-bond donors (Lipinski definition) is 0. The molecule has 0 amide bonds. The Bertz CT molecular complexity index is 393. The van der Waals surface area contributed by atoms with Crippen molar-refractivity contribution in [3.05, 3.63) is 22.2 Å². The summed E-state index contributed by atoms with van der Waals surface area (Å²) in [6.45, 7) is 2.33. The van der Waals surface area contributed by atoms with E-state index in [9.17, 15) is 0 Å². The first-order chi connectivity index (χ1) is 7.63. The minimum atomic E-state index is -0.0242. The second-order valence-electron chi connectivity index (χ2n) is 3.56. The van der Waals surface area contributed by atoms with E-state index in [1.165, 1.54) is 0 Å². The predicted molar refractivity (Wildman–Crippen MR) is 68.4 cm³/mol. The van der Waals surface area contributed by atoms with Gasteiger partial charge in [-0.2, -0.15) is 0 Å². The standard InChI is InChI=1S/C11H12Br2O3/c1-6(12)11(14-2)7-3-9-10(4-8(7)13)16-5-15-9/h3-4,6,11H,5H2,1-2H3/t6-,11+/m0/s1. The van der Waals surface area contributed by atoms with Gasteiger partial charge in [-0.15, -0.1) is 0 Å². The van der Waals surface area contributed by atoms with E-state index in [1.54, 1.807) is 7.11 Å². The fourth-order valence-electron chi connectivity index (χ4n) is 1.71. The Balaban J connectivity index is 2.40. The van der Waals surface area contributed by atoms with Gasteiger partial charge < -0.3 is 14.2 Å². The molecule has 0 saturated carbocycles. The van der Waals surface area contributed by atoms with Crippen molar-refractivity contribution in [2.75, 3.05) is 13.9 Å². The lowest BCUT2D eigenvalue weighted by atomic mass is 10.1. The van der Waals surface area contributed by atoms with Gasteiger partial charge in [0.1, 0.15) is 0 Å². The third-order valence-electron chi connectivity index (χ3n) is 2.47. The molecule has 1 aromatic rings. The van der Waals surface area contributed by atoms with E-state index in [0.29, 0.717) is 0 Å². The fourth-order valence-corrected chi connectivity index (χ4v) is 2.76. The van der Waals surface area contributed by atoms with Gasteiger partial charge in [-0.25, -0.2) is 0 Å². The molecule has 1 aromatic carbocycles. The van der Waals surface area contributed by atoms with Gasteiger partial charge in [0.2, 0.25) is 6.79 Å². The molecule has 0 radical (unpaired) electrons. The zero-order chi connectivity index (χ0) is 11.7. The SMILES string of the molecule is CO[C@@H](c1cc2c(cc1Br)OCO2)[C@H](C)Br. The molecule has 0 saturated heterocycles. The Morgan fingerprint density at radius 1 is 1.31 bits per heavy atom. The van der Waals surface area contributed by atoms with Gasteiger partial charge in [-0.05, 0) is 24.6 Å². The lowest BCUT2D eigenvalue weighted by Crippen LogP contribution is -2.11. The van der Waals surface area contributed by atoms with Crippen LogP contribution in [0.2, 0.25) is 0 Å². The molecule has 0 unspecified atom stereocenters. The molecule has 0 aromatic heterocycles. The first-order valence-electron chi connectivity index (χ1n) is 4.89. The summed E-state index contributed by atoms with van der Waals surface area (Å²) in [5.41, 5.74) is 1.05. The van der Waals surface area contributed by atoms with Crippen LogP contribution in [0.3, 0.4) is 0 Å². The van der Waals surface area contributed by atoms with Crippen LogP contribution >= 0.6 is 31.9 Å². The maximum Gasteiger partial charge on any atom is 0.231 e. The van der Waals surface area contributed by atoms with E-state index in [0.717, 1.165) is 21.5 Å². The van der Waals surface area contributed by atoms with Crippen molar-refractivity contribution in [1.82, 2.24) is 0 Å². The zero-order valence-corrected chi connectivity index (χ0v) is 12.2. The summed E-state index contributed by atoms with van der Waals surface area (Å²) < 4.78 is 17.1. The van der Waals surface area contributed by atoms with Gasteiger partial charge in [-0.3, -0.25) is 0 Å². The number of hydrogen-bond acceptors (Lipinski definition) is 3. The highest BCUT2D eigenvalue weighted by Crippen LogP contribution is 2.41. The van der Waals surface area contributed by atoms with Gasteiger partial charge >= 0.3 is 0 Å². The summed E-state index contributed by atoms with van der Waals surface area (Å²) in [5, 5.41) is 0. The summed E-state index contributed by atoms with van der Waals surface area (Å²) in [6, 6.07) is 3.87. The van der Waals surface area contributed by atoms with E-state index >= 15 is 0 Å². The van der Waals surface area contributed by atoms with Crippen LogP contribution in [-0.2, 0) is 4.74 Å². The lowest BCUT2D eigenvalue weighted by Gasteiger charge is -2.20. The highest BCUT2D eigenvalue weighted by molar-refractivity contribution is 9.10. The van der Waals surface area contributed by atoms with E-state index in [2.05, 4.69) is 31.9 Å². The highest BCUT2D eigenvalue weighted by atomic mass is 79.9. The van der Waals surface area contributed by atoms with E-state index < -0.39 is 0 Å². The number of alkyl halides is 1.